The van der Waals surface area contributed by atoms with E-state index >= 15 is 0 Å². The number of halogens is 1. The molecule has 0 aromatic heterocycles. The van der Waals surface area contributed by atoms with Crippen LogP contribution in [0.2, 0.25) is 5.02 Å². The molecule has 0 aliphatic heterocycles. The molecule has 0 atom stereocenters. The largest absolute Gasteiger partial charge is 0.489 e. The van der Waals surface area contributed by atoms with Gasteiger partial charge in [-0.2, -0.15) is 0 Å². The number of ether oxygens (including phenoxy) is 2. The van der Waals surface area contributed by atoms with Crippen LogP contribution in [0.3, 0.4) is 0 Å². The zero-order valence-electron chi connectivity index (χ0n) is 12.1. The molecule has 0 unspecified atom stereocenters. The number of benzene rings is 2. The smallest absolute Gasteiger partial charge is 0.411 e. The first-order valence-electron chi connectivity index (χ1n) is 6.79. The standard InChI is InChI=1S/C16H17ClN2O3/c1-2-21-16(20)19-15-8-7-13(9-14(15)18)22-10-11-3-5-12(17)6-4-11/h3-9H,2,10,18H2,1H3,(H,19,20). The van der Waals surface area contributed by atoms with Crippen LogP contribution < -0.4 is 15.8 Å². The summed E-state index contributed by atoms with van der Waals surface area (Å²) < 4.78 is 10.5. The number of carbonyl (C=O) groups is 1. The lowest BCUT2D eigenvalue weighted by atomic mass is 10.2. The summed E-state index contributed by atoms with van der Waals surface area (Å²) in [6, 6.07) is 12.4. The molecular weight excluding hydrogens is 304 g/mol. The van der Waals surface area contributed by atoms with Crippen LogP contribution in [0.4, 0.5) is 16.2 Å². The molecule has 0 saturated carbocycles. The van der Waals surface area contributed by atoms with Gasteiger partial charge in [-0.05, 0) is 36.8 Å². The third kappa shape index (κ3) is 4.56. The van der Waals surface area contributed by atoms with E-state index in [0.717, 1.165) is 5.56 Å². The molecule has 2 aromatic carbocycles. The van der Waals surface area contributed by atoms with Crippen LogP contribution in [0.25, 0.3) is 0 Å². The first kappa shape index (κ1) is 16.0. The van der Waals surface area contributed by atoms with Crippen molar-refractivity contribution in [3.63, 3.8) is 0 Å². The van der Waals surface area contributed by atoms with Crippen LogP contribution in [0.15, 0.2) is 42.5 Å². The first-order valence-corrected chi connectivity index (χ1v) is 7.17. The molecule has 2 aromatic rings. The Morgan fingerprint density at radius 2 is 1.95 bits per heavy atom. The number of rotatable bonds is 5. The maximum Gasteiger partial charge on any atom is 0.411 e. The highest BCUT2D eigenvalue weighted by Gasteiger charge is 2.07. The van der Waals surface area contributed by atoms with Crippen LogP contribution in [-0.2, 0) is 11.3 Å². The van der Waals surface area contributed by atoms with E-state index in [-0.39, 0.29) is 0 Å². The second-order valence-corrected chi connectivity index (χ2v) is 4.95. The molecule has 0 bridgehead atoms. The summed E-state index contributed by atoms with van der Waals surface area (Å²) in [5.41, 5.74) is 7.77. The van der Waals surface area contributed by atoms with Crippen LogP contribution in [-0.4, -0.2) is 12.7 Å². The third-order valence-corrected chi connectivity index (χ3v) is 3.11. The highest BCUT2D eigenvalue weighted by Crippen LogP contribution is 2.25. The minimum atomic E-state index is -0.538. The Kier molecular flexibility index (Phi) is 5.49. The molecule has 0 saturated heterocycles. The number of nitrogen functional groups attached to an aromatic ring is 1. The minimum absolute atomic E-state index is 0.300. The summed E-state index contributed by atoms with van der Waals surface area (Å²) in [7, 11) is 0. The van der Waals surface area contributed by atoms with E-state index in [1.165, 1.54) is 0 Å². The fraction of sp³-hybridized carbons (Fsp3) is 0.188. The van der Waals surface area contributed by atoms with E-state index in [4.69, 9.17) is 26.8 Å². The maximum atomic E-state index is 11.4. The van der Waals surface area contributed by atoms with Gasteiger partial charge in [-0.15, -0.1) is 0 Å². The number of carbonyl (C=O) groups excluding carboxylic acids is 1. The molecule has 22 heavy (non-hydrogen) atoms. The molecule has 6 heteroatoms. The second kappa shape index (κ2) is 7.56. The number of hydrogen-bond acceptors (Lipinski definition) is 4. The highest BCUT2D eigenvalue weighted by molar-refractivity contribution is 6.30. The molecular formula is C16H17ClN2O3. The minimum Gasteiger partial charge on any atom is -0.489 e. The number of nitrogens with one attached hydrogen (secondary N) is 1. The summed E-state index contributed by atoms with van der Waals surface area (Å²) in [5, 5.41) is 3.24. The Hall–Kier alpha value is -2.40. The van der Waals surface area contributed by atoms with Crippen molar-refractivity contribution < 1.29 is 14.3 Å². The summed E-state index contributed by atoms with van der Waals surface area (Å²) in [6.07, 6.45) is -0.538. The molecule has 116 valence electrons. The Bertz CT molecular complexity index is 644. The van der Waals surface area contributed by atoms with Crippen molar-refractivity contribution in [2.75, 3.05) is 17.7 Å². The summed E-state index contributed by atoms with van der Waals surface area (Å²) in [5.74, 6) is 0.613. The molecule has 3 N–H and O–H groups in total. The van der Waals surface area contributed by atoms with Gasteiger partial charge in [-0.3, -0.25) is 5.32 Å². The lowest BCUT2D eigenvalue weighted by Gasteiger charge is -2.11. The van der Waals surface area contributed by atoms with Crippen LogP contribution in [0.1, 0.15) is 12.5 Å². The summed E-state index contributed by atoms with van der Waals surface area (Å²) in [4.78, 5) is 11.4. The van der Waals surface area contributed by atoms with E-state index in [0.29, 0.717) is 35.4 Å². The Morgan fingerprint density at radius 3 is 2.59 bits per heavy atom. The van der Waals surface area contributed by atoms with Gasteiger partial charge in [0.15, 0.2) is 0 Å². The predicted octanol–water partition coefficient (Wildman–Crippen LogP) is 4.07. The maximum absolute atomic E-state index is 11.4. The van der Waals surface area contributed by atoms with Crippen molar-refractivity contribution in [3.8, 4) is 5.75 Å². The normalized spacial score (nSPS) is 10.1. The summed E-state index contributed by atoms with van der Waals surface area (Å²) >= 11 is 5.83. The predicted molar refractivity (Wildman–Crippen MR) is 87.3 cm³/mol. The van der Waals surface area contributed by atoms with Crippen LogP contribution >= 0.6 is 11.6 Å². The van der Waals surface area contributed by atoms with Crippen molar-refractivity contribution in [1.29, 1.82) is 0 Å². The average Bonchev–Trinajstić information content (AvgIpc) is 2.49. The van der Waals surface area contributed by atoms with Gasteiger partial charge in [-0.1, -0.05) is 23.7 Å². The van der Waals surface area contributed by atoms with Crippen LogP contribution in [0.5, 0.6) is 5.75 Å². The van der Waals surface area contributed by atoms with Crippen molar-refractivity contribution in [3.05, 3.63) is 53.1 Å². The zero-order chi connectivity index (χ0) is 15.9. The van der Waals surface area contributed by atoms with Gasteiger partial charge in [0.25, 0.3) is 0 Å². The SMILES string of the molecule is CCOC(=O)Nc1ccc(OCc2ccc(Cl)cc2)cc1N. The van der Waals surface area contributed by atoms with Gasteiger partial charge in [-0.25, -0.2) is 4.79 Å². The van der Waals surface area contributed by atoms with E-state index in [1.807, 2.05) is 12.1 Å². The van der Waals surface area contributed by atoms with Crippen molar-refractivity contribution in [2.45, 2.75) is 13.5 Å². The lowest BCUT2D eigenvalue weighted by molar-refractivity contribution is 0.168. The fourth-order valence-electron chi connectivity index (χ4n) is 1.77. The third-order valence-electron chi connectivity index (χ3n) is 2.85. The number of hydrogen-bond donors (Lipinski definition) is 2. The van der Waals surface area contributed by atoms with E-state index in [1.54, 1.807) is 37.3 Å². The molecule has 0 radical (unpaired) electrons. The Morgan fingerprint density at radius 1 is 1.23 bits per heavy atom. The number of nitrogens with two attached hydrogens (primary N) is 1. The van der Waals surface area contributed by atoms with Gasteiger partial charge in [0.1, 0.15) is 12.4 Å². The Balaban J connectivity index is 1.97. The van der Waals surface area contributed by atoms with E-state index < -0.39 is 6.09 Å². The number of anilines is 2. The average molecular weight is 321 g/mol. The molecule has 0 aliphatic carbocycles. The van der Waals surface area contributed by atoms with Crippen molar-refractivity contribution in [2.24, 2.45) is 0 Å². The molecule has 0 aliphatic rings. The lowest BCUT2D eigenvalue weighted by Crippen LogP contribution is -2.14. The zero-order valence-corrected chi connectivity index (χ0v) is 12.9. The molecule has 0 heterocycles. The molecule has 5 nitrogen and oxygen atoms in total. The van der Waals surface area contributed by atoms with E-state index in [2.05, 4.69) is 5.32 Å². The topological polar surface area (TPSA) is 73.6 Å². The quantitative estimate of drug-likeness (QED) is 0.814. The van der Waals surface area contributed by atoms with Crippen molar-refractivity contribution >= 4 is 29.1 Å². The van der Waals surface area contributed by atoms with E-state index in [9.17, 15) is 4.79 Å². The second-order valence-electron chi connectivity index (χ2n) is 4.51. The number of amides is 1. The first-order chi connectivity index (χ1) is 10.6. The Labute approximate surface area is 134 Å². The molecule has 2 rings (SSSR count). The van der Waals surface area contributed by atoms with Gasteiger partial charge >= 0.3 is 6.09 Å². The molecule has 0 fully saturated rings. The van der Waals surface area contributed by atoms with Gasteiger partial charge in [0.05, 0.1) is 18.0 Å². The van der Waals surface area contributed by atoms with Crippen molar-refractivity contribution in [1.82, 2.24) is 0 Å². The van der Waals surface area contributed by atoms with Gasteiger partial charge in [0.2, 0.25) is 0 Å². The van der Waals surface area contributed by atoms with Gasteiger partial charge < -0.3 is 15.2 Å². The van der Waals surface area contributed by atoms with Gasteiger partial charge in [0, 0.05) is 11.1 Å². The monoisotopic (exact) mass is 320 g/mol. The highest BCUT2D eigenvalue weighted by atomic mass is 35.5. The van der Waals surface area contributed by atoms with Crippen LogP contribution in [0, 0.1) is 0 Å². The fourth-order valence-corrected chi connectivity index (χ4v) is 1.89. The summed E-state index contributed by atoms with van der Waals surface area (Å²) in [6.45, 7) is 2.44. The molecule has 0 spiro atoms. The molecule has 1 amide bonds.